The van der Waals surface area contributed by atoms with Crippen molar-refractivity contribution in [3.63, 3.8) is 0 Å². The maximum Gasteiger partial charge on any atom is 0.196 e. The Morgan fingerprint density at radius 2 is 1.04 bits per heavy atom. The van der Waals surface area contributed by atoms with E-state index in [4.69, 9.17) is 34.6 Å². The molecule has 266 valence electrons. The molecule has 52 heavy (non-hydrogen) atoms. The number of para-hydroxylation sites is 2. The summed E-state index contributed by atoms with van der Waals surface area (Å²) < 4.78 is 9.21. The number of nitrogens with one attached hydrogen (secondary N) is 2. The highest BCUT2D eigenvalue weighted by Gasteiger charge is 2.20. The van der Waals surface area contributed by atoms with E-state index < -0.39 is 0 Å². The summed E-state index contributed by atoms with van der Waals surface area (Å²) in [4.78, 5) is 2.39. The van der Waals surface area contributed by atoms with Crippen LogP contribution >= 0.6 is 48.0 Å². The molecule has 0 aliphatic heterocycles. The molecule has 0 radical (unpaired) electrons. The maximum absolute atomic E-state index is 5.32. The maximum atomic E-state index is 5.32. The molecule has 0 saturated carbocycles. The molecule has 0 fully saturated rings. The van der Waals surface area contributed by atoms with E-state index in [1.54, 1.807) is 23.5 Å². The smallest absolute Gasteiger partial charge is 0.196 e. The fourth-order valence-electron chi connectivity index (χ4n) is 5.66. The van der Waals surface area contributed by atoms with Gasteiger partial charge in [0.15, 0.2) is 19.9 Å². The van der Waals surface area contributed by atoms with E-state index in [1.165, 1.54) is 5.56 Å². The first-order valence-corrected chi connectivity index (χ1v) is 19.4. The molecular formula is C35H37N13S4. The van der Waals surface area contributed by atoms with Crippen molar-refractivity contribution < 1.29 is 0 Å². The van der Waals surface area contributed by atoms with Crippen molar-refractivity contribution in [2.75, 3.05) is 18.0 Å². The summed E-state index contributed by atoms with van der Waals surface area (Å²) in [6.45, 7) is 3.53. The lowest BCUT2D eigenvalue weighted by Crippen LogP contribution is -2.29. The first kappa shape index (κ1) is 35.6. The predicted octanol–water partition coefficient (Wildman–Crippen LogP) is 6.62. The van der Waals surface area contributed by atoms with Crippen molar-refractivity contribution in [2.24, 2.45) is 14.1 Å². The Balaban J connectivity index is 1.14. The molecule has 0 bridgehead atoms. The highest BCUT2D eigenvalue weighted by Crippen LogP contribution is 2.27. The molecule has 0 amide bonds. The van der Waals surface area contributed by atoms with E-state index in [2.05, 4.69) is 100 Å². The molecule has 0 spiro atoms. The van der Waals surface area contributed by atoms with Crippen LogP contribution in [0.25, 0.3) is 11.4 Å². The number of aromatic nitrogens is 12. The van der Waals surface area contributed by atoms with Gasteiger partial charge in [0.05, 0.1) is 11.5 Å². The molecule has 0 saturated heterocycles. The number of rotatable bonds is 15. The first-order valence-electron chi connectivity index (χ1n) is 16.6. The molecule has 2 N–H and O–H groups in total. The highest BCUT2D eigenvalue weighted by molar-refractivity contribution is 7.98. The van der Waals surface area contributed by atoms with Gasteiger partial charge in [-0.3, -0.25) is 19.3 Å². The largest absolute Gasteiger partial charge is 0.371 e. The van der Waals surface area contributed by atoms with Crippen molar-refractivity contribution in [1.82, 2.24) is 59.1 Å². The number of hydrogen-bond donors (Lipinski definition) is 2. The number of nitrogens with zero attached hydrogens (tertiary/aromatic N) is 11. The third kappa shape index (κ3) is 7.96. The average Bonchev–Trinajstić information content (AvgIpc) is 3.94. The topological polar surface area (TPSA) is 132 Å². The van der Waals surface area contributed by atoms with Crippen LogP contribution in [-0.2, 0) is 38.4 Å². The average molecular weight is 768 g/mol. The molecule has 4 aromatic heterocycles. The van der Waals surface area contributed by atoms with E-state index in [0.29, 0.717) is 47.0 Å². The van der Waals surface area contributed by atoms with E-state index in [1.807, 2.05) is 59.6 Å². The van der Waals surface area contributed by atoms with Crippen LogP contribution in [0.15, 0.2) is 95.2 Å². The van der Waals surface area contributed by atoms with Gasteiger partial charge in [0.1, 0.15) is 23.3 Å². The van der Waals surface area contributed by atoms with Gasteiger partial charge in [-0.1, -0.05) is 77.6 Å². The van der Waals surface area contributed by atoms with Gasteiger partial charge in [0.25, 0.3) is 0 Å². The molecule has 7 aromatic rings. The minimum atomic E-state index is 0.587. The van der Waals surface area contributed by atoms with Crippen LogP contribution in [0.2, 0.25) is 0 Å². The normalized spacial score (nSPS) is 11.4. The zero-order valence-electron chi connectivity index (χ0n) is 28.9. The van der Waals surface area contributed by atoms with Crippen molar-refractivity contribution >= 4 is 53.6 Å². The van der Waals surface area contributed by atoms with Gasteiger partial charge in [-0.15, -0.1) is 20.4 Å². The van der Waals surface area contributed by atoms with Gasteiger partial charge in [-0.25, -0.2) is 0 Å². The lowest BCUT2D eigenvalue weighted by molar-refractivity contribution is 0.706. The number of H-pyrrole nitrogens is 2. The van der Waals surface area contributed by atoms with Gasteiger partial charge in [-0.05, 0) is 67.8 Å². The minimum Gasteiger partial charge on any atom is -0.371 e. The number of thioether (sulfide) groups is 2. The fraction of sp³-hybridized carbons (Fsp3) is 0.257. The third-order valence-electron chi connectivity index (χ3n) is 8.64. The Kier molecular flexibility index (Phi) is 11.1. The van der Waals surface area contributed by atoms with Gasteiger partial charge in [0.2, 0.25) is 0 Å². The zero-order chi connectivity index (χ0) is 36.0. The number of aromatic amines is 2. The van der Waals surface area contributed by atoms with Crippen LogP contribution in [0, 0.1) is 16.5 Å². The van der Waals surface area contributed by atoms with E-state index in [9.17, 15) is 0 Å². The van der Waals surface area contributed by atoms with Gasteiger partial charge in [0, 0.05) is 57.1 Å². The predicted molar refractivity (Wildman–Crippen MR) is 209 cm³/mol. The van der Waals surface area contributed by atoms with Crippen molar-refractivity contribution in [2.45, 2.75) is 41.6 Å². The summed E-state index contributed by atoms with van der Waals surface area (Å²) in [5.41, 5.74) is 4.36. The highest BCUT2D eigenvalue weighted by atomic mass is 32.2. The SMILES string of the molecule is Cc1ccc(N(CCc2nnc(SCc3n[nH]c(=S)n3C)n2-c2ccccc2)CCc2nnc(SCc3n[nH]c(=S)n3C)n2-c2ccccc2)cc1. The Morgan fingerprint density at radius 1 is 0.596 bits per heavy atom. The van der Waals surface area contributed by atoms with Gasteiger partial charge >= 0.3 is 0 Å². The molecule has 0 atom stereocenters. The van der Waals surface area contributed by atoms with Crippen molar-refractivity contribution in [3.8, 4) is 11.4 Å². The first-order chi connectivity index (χ1) is 25.4. The minimum absolute atomic E-state index is 0.587. The summed E-state index contributed by atoms with van der Waals surface area (Å²) in [5.74, 6) is 4.64. The zero-order valence-corrected chi connectivity index (χ0v) is 32.1. The summed E-state index contributed by atoms with van der Waals surface area (Å²) in [6, 6.07) is 29.1. The van der Waals surface area contributed by atoms with Crippen LogP contribution < -0.4 is 4.90 Å². The number of aryl methyl sites for hydroxylation is 1. The summed E-state index contributed by atoms with van der Waals surface area (Å²) >= 11 is 13.8. The van der Waals surface area contributed by atoms with Crippen LogP contribution in [0.3, 0.4) is 0 Å². The van der Waals surface area contributed by atoms with E-state index >= 15 is 0 Å². The number of benzene rings is 3. The standard InChI is InChI=1S/C35H37N13S4/c1-24-14-16-25(17-15-24)46(20-18-28-36-42-34(47(28)26-10-6-4-7-11-26)51-22-30-38-40-32(49)44(30)2)21-19-29-37-43-35(48(29)27-12-8-5-9-13-27)52-23-31-39-41-33(50)45(31)3/h4-17H,18-23H2,1-3H3,(H,40,49)(H,41,50). The molecule has 17 heteroatoms. The van der Waals surface area contributed by atoms with E-state index in [-0.39, 0.29) is 0 Å². The quantitative estimate of drug-likeness (QED) is 0.0863. The van der Waals surface area contributed by atoms with Gasteiger partial charge < -0.3 is 14.0 Å². The second kappa shape index (κ2) is 16.2. The lowest BCUT2D eigenvalue weighted by atomic mass is 10.2. The fourth-order valence-corrected chi connectivity index (χ4v) is 7.87. The molecule has 7 rings (SSSR count). The number of hydrogen-bond acceptors (Lipinski definition) is 11. The van der Waals surface area contributed by atoms with Crippen molar-refractivity contribution in [3.05, 3.63) is 123 Å². The molecule has 13 nitrogen and oxygen atoms in total. The molecule has 0 aliphatic carbocycles. The Bertz CT molecular complexity index is 2210. The third-order valence-corrected chi connectivity index (χ3v) is 11.2. The second-order valence-electron chi connectivity index (χ2n) is 12.0. The molecule has 3 aromatic carbocycles. The lowest BCUT2D eigenvalue weighted by Gasteiger charge is -2.25. The monoisotopic (exact) mass is 767 g/mol. The molecule has 0 aliphatic rings. The Labute approximate surface area is 319 Å². The molecular weight excluding hydrogens is 731 g/mol. The molecule has 0 unspecified atom stereocenters. The summed E-state index contributed by atoms with van der Waals surface area (Å²) in [7, 11) is 3.82. The Hall–Kier alpha value is -4.84. The van der Waals surface area contributed by atoms with Gasteiger partial charge in [-0.2, -0.15) is 10.2 Å². The van der Waals surface area contributed by atoms with E-state index in [0.717, 1.165) is 50.7 Å². The molecule has 4 heterocycles. The number of anilines is 1. The Morgan fingerprint density at radius 3 is 1.44 bits per heavy atom. The van der Waals surface area contributed by atoms with Crippen LogP contribution in [0.1, 0.15) is 28.9 Å². The summed E-state index contributed by atoms with van der Waals surface area (Å²) in [6.07, 6.45) is 1.33. The van der Waals surface area contributed by atoms with Crippen LogP contribution in [0.4, 0.5) is 5.69 Å². The second-order valence-corrected chi connectivity index (χ2v) is 14.7. The van der Waals surface area contributed by atoms with Crippen LogP contribution in [-0.4, -0.2) is 72.1 Å². The summed E-state index contributed by atoms with van der Waals surface area (Å²) in [5, 5.41) is 34.8. The van der Waals surface area contributed by atoms with Crippen molar-refractivity contribution in [1.29, 1.82) is 0 Å². The van der Waals surface area contributed by atoms with Crippen LogP contribution in [0.5, 0.6) is 0 Å².